The van der Waals surface area contributed by atoms with Crippen molar-refractivity contribution in [1.82, 2.24) is 5.32 Å². The highest BCUT2D eigenvalue weighted by Gasteiger charge is 2.32. The number of carbonyl (C=O) groups is 1. The number of alkyl halides is 1. The summed E-state index contributed by atoms with van der Waals surface area (Å²) in [6, 6.07) is 5.56. The lowest BCUT2D eigenvalue weighted by molar-refractivity contribution is 0.0884. The average molecular weight is 410 g/mol. The lowest BCUT2D eigenvalue weighted by atomic mass is 9.83. The van der Waals surface area contributed by atoms with Gasteiger partial charge >= 0.3 is 0 Å². The number of amides is 1. The average Bonchev–Trinajstić information content (AvgIpc) is 2.38. The molecule has 19 heavy (non-hydrogen) atoms. The Morgan fingerprint density at radius 3 is 2.26 bits per heavy atom. The van der Waals surface area contributed by atoms with Crippen LogP contribution in [0, 0.1) is 0 Å². The molecule has 1 fully saturated rings. The molecule has 1 aliphatic rings. The first-order valence-corrected chi connectivity index (χ1v) is 8.51. The monoisotopic (exact) mass is 407 g/mol. The molecule has 0 saturated heterocycles. The topological polar surface area (TPSA) is 29.1 Å². The maximum absolute atomic E-state index is 12.4. The molecule has 1 amide bonds. The minimum absolute atomic E-state index is 0.0513. The molecule has 0 heterocycles. The van der Waals surface area contributed by atoms with Gasteiger partial charge in [-0.2, -0.15) is 0 Å². The molecule has 0 unspecified atom stereocenters. The van der Waals surface area contributed by atoms with Crippen molar-refractivity contribution in [2.45, 2.75) is 37.6 Å². The van der Waals surface area contributed by atoms with Crippen LogP contribution in [0.5, 0.6) is 0 Å². The van der Waals surface area contributed by atoms with E-state index in [1.807, 2.05) is 18.2 Å². The van der Waals surface area contributed by atoms with Gasteiger partial charge in [-0.25, -0.2) is 0 Å². The van der Waals surface area contributed by atoms with E-state index >= 15 is 0 Å². The molecule has 1 aromatic carbocycles. The summed E-state index contributed by atoms with van der Waals surface area (Å²) in [5, 5.41) is 3.14. The molecule has 1 aliphatic carbocycles. The van der Waals surface area contributed by atoms with Crippen molar-refractivity contribution in [3.05, 3.63) is 32.7 Å². The second-order valence-corrected chi connectivity index (χ2v) is 7.19. The van der Waals surface area contributed by atoms with Crippen LogP contribution in [0.2, 0.25) is 0 Å². The summed E-state index contributed by atoms with van der Waals surface area (Å²) in [6.07, 6.45) is 5.44. The molecule has 0 radical (unpaired) electrons. The molecule has 0 spiro atoms. The third-order valence-electron chi connectivity index (χ3n) is 3.57. The maximum Gasteiger partial charge on any atom is 0.251 e. The van der Waals surface area contributed by atoms with Crippen LogP contribution in [0.15, 0.2) is 27.1 Å². The second kappa shape index (κ2) is 6.59. The summed E-state index contributed by atoms with van der Waals surface area (Å²) in [5.74, 6) is 0.429. The molecular formula is C14H16Br2ClNO. The van der Waals surface area contributed by atoms with Gasteiger partial charge in [0.1, 0.15) is 0 Å². The van der Waals surface area contributed by atoms with Crippen molar-refractivity contribution in [2.24, 2.45) is 0 Å². The summed E-state index contributed by atoms with van der Waals surface area (Å²) in [5.41, 5.74) is 0.419. The molecule has 0 bridgehead atoms. The van der Waals surface area contributed by atoms with Gasteiger partial charge in [0.2, 0.25) is 0 Å². The highest BCUT2D eigenvalue weighted by atomic mass is 79.9. The summed E-state index contributed by atoms with van der Waals surface area (Å²) in [7, 11) is 0. The first kappa shape index (κ1) is 15.3. The number of halogens is 3. The van der Waals surface area contributed by atoms with Crippen molar-refractivity contribution in [1.29, 1.82) is 0 Å². The van der Waals surface area contributed by atoms with Crippen molar-refractivity contribution < 1.29 is 4.79 Å². The Balaban J connectivity index is 2.15. The minimum Gasteiger partial charge on any atom is -0.345 e. The molecule has 1 aromatic rings. The molecule has 0 aliphatic heterocycles. The van der Waals surface area contributed by atoms with Gasteiger partial charge in [-0.1, -0.05) is 51.1 Å². The van der Waals surface area contributed by atoms with E-state index in [1.165, 1.54) is 6.42 Å². The number of benzene rings is 1. The van der Waals surface area contributed by atoms with E-state index in [2.05, 4.69) is 37.2 Å². The van der Waals surface area contributed by atoms with Crippen LogP contribution >= 0.6 is 43.5 Å². The predicted octanol–water partition coefficient (Wildman–Crippen LogP) is 4.88. The van der Waals surface area contributed by atoms with E-state index in [1.54, 1.807) is 0 Å². The van der Waals surface area contributed by atoms with E-state index in [9.17, 15) is 4.79 Å². The quantitative estimate of drug-likeness (QED) is 0.708. The van der Waals surface area contributed by atoms with E-state index in [-0.39, 0.29) is 11.4 Å². The fourth-order valence-corrected chi connectivity index (χ4v) is 4.15. The third kappa shape index (κ3) is 3.96. The molecule has 5 heteroatoms. The van der Waals surface area contributed by atoms with Crippen molar-refractivity contribution in [3.63, 3.8) is 0 Å². The Hall–Kier alpha value is -0.0600. The predicted molar refractivity (Wildman–Crippen MR) is 85.8 cm³/mol. The Morgan fingerprint density at radius 2 is 1.74 bits per heavy atom. The number of hydrogen-bond donors (Lipinski definition) is 1. The van der Waals surface area contributed by atoms with Crippen LogP contribution in [0.1, 0.15) is 42.5 Å². The molecule has 1 saturated carbocycles. The fourth-order valence-electron chi connectivity index (χ4n) is 2.52. The number of rotatable bonds is 3. The summed E-state index contributed by atoms with van der Waals surface area (Å²) in [6.45, 7) is 0. The molecule has 0 atom stereocenters. The summed E-state index contributed by atoms with van der Waals surface area (Å²) >= 11 is 12.9. The Morgan fingerprint density at radius 1 is 1.16 bits per heavy atom. The zero-order chi connectivity index (χ0) is 13.9. The van der Waals surface area contributed by atoms with Crippen LogP contribution in [-0.4, -0.2) is 17.3 Å². The van der Waals surface area contributed by atoms with Crippen molar-refractivity contribution >= 4 is 49.4 Å². The Kier molecular flexibility index (Phi) is 5.32. The first-order chi connectivity index (χ1) is 9.04. The van der Waals surface area contributed by atoms with Crippen LogP contribution in [-0.2, 0) is 0 Å². The van der Waals surface area contributed by atoms with Gasteiger partial charge in [0.05, 0.1) is 5.54 Å². The molecule has 1 N–H and O–H groups in total. The molecule has 2 nitrogen and oxygen atoms in total. The van der Waals surface area contributed by atoms with Gasteiger partial charge in [-0.05, 0) is 31.0 Å². The van der Waals surface area contributed by atoms with Gasteiger partial charge in [-0.15, -0.1) is 11.6 Å². The maximum atomic E-state index is 12.4. The number of hydrogen-bond acceptors (Lipinski definition) is 1. The van der Waals surface area contributed by atoms with Crippen molar-refractivity contribution in [2.75, 3.05) is 5.88 Å². The van der Waals surface area contributed by atoms with Gasteiger partial charge in [-0.3, -0.25) is 4.79 Å². The van der Waals surface area contributed by atoms with Crippen LogP contribution in [0.3, 0.4) is 0 Å². The lowest BCUT2D eigenvalue weighted by Crippen LogP contribution is -2.51. The third-order valence-corrected chi connectivity index (χ3v) is 5.00. The highest BCUT2D eigenvalue weighted by molar-refractivity contribution is 9.11. The molecule has 104 valence electrons. The zero-order valence-electron chi connectivity index (χ0n) is 10.5. The highest BCUT2D eigenvalue weighted by Crippen LogP contribution is 2.30. The molecule has 0 aromatic heterocycles. The van der Waals surface area contributed by atoms with Crippen molar-refractivity contribution in [3.8, 4) is 0 Å². The summed E-state index contributed by atoms with van der Waals surface area (Å²) < 4.78 is 1.77. The summed E-state index contributed by atoms with van der Waals surface area (Å²) in [4.78, 5) is 12.4. The van der Waals surface area contributed by atoms with Crippen LogP contribution in [0.25, 0.3) is 0 Å². The van der Waals surface area contributed by atoms with E-state index in [0.29, 0.717) is 11.4 Å². The van der Waals surface area contributed by atoms with E-state index in [4.69, 9.17) is 11.6 Å². The normalized spacial score (nSPS) is 18.1. The Bertz CT molecular complexity index is 452. The molecular weight excluding hydrogens is 393 g/mol. The smallest absolute Gasteiger partial charge is 0.251 e. The Labute approximate surface area is 135 Å². The largest absolute Gasteiger partial charge is 0.345 e. The SMILES string of the molecule is O=C(NC1(CCl)CCCCC1)c1cc(Br)cc(Br)c1. The van der Waals surface area contributed by atoms with Gasteiger partial charge < -0.3 is 5.32 Å². The lowest BCUT2D eigenvalue weighted by Gasteiger charge is -2.36. The molecule has 2 rings (SSSR count). The van der Waals surface area contributed by atoms with Gasteiger partial charge in [0.25, 0.3) is 5.91 Å². The van der Waals surface area contributed by atoms with Gasteiger partial charge in [0, 0.05) is 20.4 Å². The van der Waals surface area contributed by atoms with Gasteiger partial charge in [0.15, 0.2) is 0 Å². The van der Waals surface area contributed by atoms with E-state index < -0.39 is 0 Å². The van der Waals surface area contributed by atoms with Crippen LogP contribution in [0.4, 0.5) is 0 Å². The minimum atomic E-state index is -0.230. The zero-order valence-corrected chi connectivity index (χ0v) is 14.4. The number of nitrogens with one attached hydrogen (secondary N) is 1. The first-order valence-electron chi connectivity index (χ1n) is 6.39. The number of carbonyl (C=O) groups excluding carboxylic acids is 1. The van der Waals surface area contributed by atoms with E-state index in [0.717, 1.165) is 34.6 Å². The fraction of sp³-hybridized carbons (Fsp3) is 0.500. The standard InChI is InChI=1S/C14H16Br2ClNO/c15-11-6-10(7-12(16)8-11)13(19)18-14(9-17)4-2-1-3-5-14/h6-8H,1-5,9H2,(H,18,19). The second-order valence-electron chi connectivity index (χ2n) is 5.09. The van der Waals surface area contributed by atoms with Crippen LogP contribution < -0.4 is 5.32 Å².